The molecule has 1 N–H and O–H groups in total. The molecule has 6 heteroatoms. The molecular formula is C17H19N5O. The Morgan fingerprint density at radius 2 is 2.09 bits per heavy atom. The molecule has 23 heavy (non-hydrogen) atoms. The Hall–Kier alpha value is -2.89. The van der Waals surface area contributed by atoms with Crippen molar-refractivity contribution in [1.29, 1.82) is 0 Å². The van der Waals surface area contributed by atoms with Crippen molar-refractivity contribution >= 4 is 5.82 Å². The Kier molecular flexibility index (Phi) is 4.23. The van der Waals surface area contributed by atoms with Gasteiger partial charge in [-0.25, -0.2) is 9.97 Å². The van der Waals surface area contributed by atoms with Crippen LogP contribution in [0.15, 0.2) is 43.0 Å². The van der Waals surface area contributed by atoms with E-state index in [0.29, 0.717) is 6.54 Å². The highest BCUT2D eigenvalue weighted by Crippen LogP contribution is 2.19. The van der Waals surface area contributed by atoms with Crippen LogP contribution >= 0.6 is 0 Å². The Bertz CT molecular complexity index is 812. The lowest BCUT2D eigenvalue weighted by Gasteiger charge is -2.10. The van der Waals surface area contributed by atoms with Crippen LogP contribution in [-0.4, -0.2) is 26.6 Å². The smallest absolute Gasteiger partial charge is 0.159 e. The molecule has 6 nitrogen and oxygen atoms in total. The van der Waals surface area contributed by atoms with Crippen molar-refractivity contribution in [1.82, 2.24) is 19.5 Å². The van der Waals surface area contributed by atoms with Crippen molar-refractivity contribution in [2.24, 2.45) is 0 Å². The van der Waals surface area contributed by atoms with E-state index in [-0.39, 0.29) is 0 Å². The first-order valence-electron chi connectivity index (χ1n) is 7.37. The molecule has 3 rings (SSSR count). The molecule has 0 saturated heterocycles. The Labute approximate surface area is 135 Å². The molecule has 2 heterocycles. The van der Waals surface area contributed by atoms with Gasteiger partial charge in [0.2, 0.25) is 0 Å². The molecule has 0 spiro atoms. The Balaban J connectivity index is 1.74. The van der Waals surface area contributed by atoms with Crippen molar-refractivity contribution in [3.05, 3.63) is 59.9 Å². The van der Waals surface area contributed by atoms with E-state index in [4.69, 9.17) is 4.74 Å². The quantitative estimate of drug-likeness (QED) is 0.785. The molecule has 2 aromatic heterocycles. The molecule has 0 unspecified atom stereocenters. The summed E-state index contributed by atoms with van der Waals surface area (Å²) in [6, 6.07) is 6.11. The van der Waals surface area contributed by atoms with Gasteiger partial charge in [-0.3, -0.25) is 9.55 Å². The van der Waals surface area contributed by atoms with E-state index in [0.717, 1.165) is 34.3 Å². The molecule has 0 aliphatic carbocycles. The van der Waals surface area contributed by atoms with Gasteiger partial charge in [0, 0.05) is 18.9 Å². The van der Waals surface area contributed by atoms with Gasteiger partial charge in [0.15, 0.2) is 5.82 Å². The van der Waals surface area contributed by atoms with Crippen LogP contribution in [0, 0.1) is 13.8 Å². The number of imidazole rings is 1. The lowest BCUT2D eigenvalue weighted by atomic mass is 10.1. The minimum atomic E-state index is 0.672. The predicted molar refractivity (Wildman–Crippen MR) is 88.9 cm³/mol. The minimum Gasteiger partial charge on any atom is -0.496 e. The van der Waals surface area contributed by atoms with Gasteiger partial charge >= 0.3 is 0 Å². The summed E-state index contributed by atoms with van der Waals surface area (Å²) in [4.78, 5) is 13.0. The zero-order valence-electron chi connectivity index (χ0n) is 13.4. The van der Waals surface area contributed by atoms with Crippen molar-refractivity contribution in [3.63, 3.8) is 0 Å². The number of aromatic nitrogens is 4. The zero-order chi connectivity index (χ0) is 16.2. The van der Waals surface area contributed by atoms with E-state index >= 15 is 0 Å². The molecule has 118 valence electrons. The molecule has 3 aromatic rings. The summed E-state index contributed by atoms with van der Waals surface area (Å²) in [7, 11) is 1.68. The number of ether oxygens (including phenoxy) is 1. The topological polar surface area (TPSA) is 64.9 Å². The summed E-state index contributed by atoms with van der Waals surface area (Å²) in [6.45, 7) is 4.64. The third kappa shape index (κ3) is 3.31. The minimum absolute atomic E-state index is 0.672. The van der Waals surface area contributed by atoms with Crippen LogP contribution in [0.1, 0.15) is 17.0 Å². The first-order valence-corrected chi connectivity index (χ1v) is 7.37. The van der Waals surface area contributed by atoms with Gasteiger partial charge < -0.3 is 10.1 Å². The van der Waals surface area contributed by atoms with E-state index in [1.54, 1.807) is 25.7 Å². The maximum absolute atomic E-state index is 5.28. The number of nitrogens with zero attached hydrogens (tertiary/aromatic N) is 4. The molecule has 0 amide bonds. The first-order chi connectivity index (χ1) is 11.2. The van der Waals surface area contributed by atoms with E-state index in [1.807, 2.05) is 36.7 Å². The van der Waals surface area contributed by atoms with Crippen LogP contribution in [-0.2, 0) is 6.54 Å². The van der Waals surface area contributed by atoms with E-state index in [9.17, 15) is 0 Å². The molecular weight excluding hydrogens is 290 g/mol. The van der Waals surface area contributed by atoms with E-state index in [2.05, 4.69) is 26.3 Å². The second kappa shape index (κ2) is 6.48. The molecule has 0 aliphatic rings. The third-order valence-corrected chi connectivity index (χ3v) is 3.63. The third-order valence-electron chi connectivity index (χ3n) is 3.63. The van der Waals surface area contributed by atoms with E-state index in [1.165, 1.54) is 0 Å². The first kappa shape index (κ1) is 15.0. The fraction of sp³-hybridized carbons (Fsp3) is 0.235. The van der Waals surface area contributed by atoms with Gasteiger partial charge in [-0.2, -0.15) is 0 Å². The molecule has 0 aliphatic heterocycles. The molecule has 0 atom stereocenters. The molecule has 0 fully saturated rings. The summed E-state index contributed by atoms with van der Waals surface area (Å²) in [5, 5.41) is 3.30. The van der Waals surface area contributed by atoms with Crippen LogP contribution < -0.4 is 10.1 Å². The number of anilines is 1. The maximum Gasteiger partial charge on any atom is 0.159 e. The van der Waals surface area contributed by atoms with Crippen molar-refractivity contribution in [2.75, 3.05) is 12.4 Å². The van der Waals surface area contributed by atoms with Gasteiger partial charge in [0.25, 0.3) is 0 Å². The van der Waals surface area contributed by atoms with Crippen LogP contribution in [0.2, 0.25) is 0 Å². The largest absolute Gasteiger partial charge is 0.496 e. The highest BCUT2D eigenvalue weighted by molar-refractivity contribution is 5.40. The van der Waals surface area contributed by atoms with Crippen molar-refractivity contribution < 1.29 is 4.74 Å². The fourth-order valence-corrected chi connectivity index (χ4v) is 2.42. The summed E-state index contributed by atoms with van der Waals surface area (Å²) >= 11 is 0. The Morgan fingerprint density at radius 1 is 1.22 bits per heavy atom. The summed E-state index contributed by atoms with van der Waals surface area (Å²) < 4.78 is 7.18. The summed E-state index contributed by atoms with van der Waals surface area (Å²) in [5.41, 5.74) is 2.27. The number of rotatable bonds is 5. The highest BCUT2D eigenvalue weighted by atomic mass is 16.5. The number of benzene rings is 1. The number of hydrogen-bond acceptors (Lipinski definition) is 5. The van der Waals surface area contributed by atoms with Crippen LogP contribution in [0.3, 0.4) is 0 Å². The van der Waals surface area contributed by atoms with Crippen LogP contribution in [0.5, 0.6) is 5.75 Å². The normalized spacial score (nSPS) is 10.6. The van der Waals surface area contributed by atoms with Crippen molar-refractivity contribution in [3.8, 4) is 11.6 Å². The van der Waals surface area contributed by atoms with Gasteiger partial charge in [-0.15, -0.1) is 0 Å². The predicted octanol–water partition coefficient (Wildman–Crippen LogP) is 2.90. The fourth-order valence-electron chi connectivity index (χ4n) is 2.42. The highest BCUT2D eigenvalue weighted by Gasteiger charge is 2.05. The molecule has 1 aromatic carbocycles. The summed E-state index contributed by atoms with van der Waals surface area (Å²) in [6.07, 6.45) is 7.05. The number of hydrogen-bond donors (Lipinski definition) is 1. The van der Waals surface area contributed by atoms with Crippen LogP contribution in [0.4, 0.5) is 5.82 Å². The Morgan fingerprint density at radius 3 is 2.78 bits per heavy atom. The average molecular weight is 309 g/mol. The number of aryl methyl sites for hydroxylation is 2. The zero-order valence-corrected chi connectivity index (χ0v) is 13.4. The second-order valence-corrected chi connectivity index (χ2v) is 5.26. The average Bonchev–Trinajstić information content (AvgIpc) is 2.99. The van der Waals surface area contributed by atoms with Gasteiger partial charge in [-0.05, 0) is 31.0 Å². The van der Waals surface area contributed by atoms with Gasteiger partial charge in [0.1, 0.15) is 17.4 Å². The molecule has 0 bridgehead atoms. The molecule has 0 radical (unpaired) electrons. The van der Waals surface area contributed by atoms with Crippen LogP contribution in [0.25, 0.3) is 5.82 Å². The maximum atomic E-state index is 5.28. The lowest BCUT2D eigenvalue weighted by Crippen LogP contribution is -2.06. The van der Waals surface area contributed by atoms with Gasteiger partial charge in [-0.1, -0.05) is 12.1 Å². The number of nitrogens with one attached hydrogen (secondary N) is 1. The van der Waals surface area contributed by atoms with E-state index < -0.39 is 0 Å². The summed E-state index contributed by atoms with van der Waals surface area (Å²) in [5.74, 6) is 3.24. The monoisotopic (exact) mass is 309 g/mol. The second-order valence-electron chi connectivity index (χ2n) is 5.26. The lowest BCUT2D eigenvalue weighted by molar-refractivity contribution is 0.411. The SMILES string of the molecule is COc1ccc(CNc2cncc(-n3ccnc3C)n2)cc1C. The number of methoxy groups -OCH3 is 1. The standard InChI is InChI=1S/C17H19N5O/c1-12-8-14(4-5-15(12)23-3)9-20-16-10-18-11-17(21-16)22-7-6-19-13(22)2/h4-8,10-11H,9H2,1-3H3,(H,20,21). The van der Waals surface area contributed by atoms with Crippen molar-refractivity contribution in [2.45, 2.75) is 20.4 Å². The molecule has 0 saturated carbocycles. The van der Waals surface area contributed by atoms with Gasteiger partial charge in [0.05, 0.1) is 19.5 Å².